The number of aliphatic hydroxyl groups is 1. The van der Waals surface area contributed by atoms with E-state index < -0.39 is 11.9 Å². The molecule has 2 unspecified atom stereocenters. The van der Waals surface area contributed by atoms with Crippen LogP contribution in [0.4, 0.5) is 13.2 Å². The number of aryl methyl sites for hydroxylation is 3. The van der Waals surface area contributed by atoms with Gasteiger partial charge in [-0.2, -0.15) is 13.2 Å². The molecule has 1 aliphatic carbocycles. The van der Waals surface area contributed by atoms with Gasteiger partial charge in [0.15, 0.2) is 5.78 Å². The third-order valence-electron chi connectivity index (χ3n) is 6.00. The van der Waals surface area contributed by atoms with E-state index in [1.54, 1.807) is 0 Å². The van der Waals surface area contributed by atoms with Gasteiger partial charge in [0, 0.05) is 18.6 Å². The van der Waals surface area contributed by atoms with Gasteiger partial charge in [0.2, 0.25) is 0 Å². The summed E-state index contributed by atoms with van der Waals surface area (Å²) in [5.41, 5.74) is 14.1. The van der Waals surface area contributed by atoms with Gasteiger partial charge in [0.05, 0.1) is 10.6 Å². The lowest BCUT2D eigenvalue weighted by atomic mass is 9.76. The first kappa shape index (κ1) is 26.9. The van der Waals surface area contributed by atoms with E-state index in [9.17, 15) is 23.1 Å². The Morgan fingerprint density at radius 3 is 2.24 bits per heavy atom. The van der Waals surface area contributed by atoms with Crippen LogP contribution in [0.5, 0.6) is 0 Å². The second kappa shape index (κ2) is 11.2. The largest absolute Gasteiger partial charge is 0.512 e. The van der Waals surface area contributed by atoms with E-state index in [0.29, 0.717) is 24.2 Å². The summed E-state index contributed by atoms with van der Waals surface area (Å²) >= 11 is 1.21. The van der Waals surface area contributed by atoms with Crippen LogP contribution in [-0.2, 0) is 17.6 Å². The van der Waals surface area contributed by atoms with E-state index in [4.69, 9.17) is 11.5 Å². The number of Topliss-reactive ketones (excluding diaryl/α,β-unsaturated/α-hetero) is 1. The van der Waals surface area contributed by atoms with Crippen molar-refractivity contribution < 1.29 is 23.1 Å². The maximum atomic E-state index is 13.2. The summed E-state index contributed by atoms with van der Waals surface area (Å²) < 4.78 is 37.4. The number of carbonyl (C=O) groups excluding carboxylic acids is 1. The zero-order valence-electron chi connectivity index (χ0n) is 19.6. The first-order chi connectivity index (χ1) is 15.4. The number of ketones is 1. The van der Waals surface area contributed by atoms with Crippen LogP contribution in [0.25, 0.3) is 5.57 Å². The number of benzene rings is 1. The molecule has 8 heteroatoms. The van der Waals surface area contributed by atoms with Gasteiger partial charge in [0.25, 0.3) is 0 Å². The lowest BCUT2D eigenvalue weighted by Gasteiger charge is -2.29. The lowest BCUT2D eigenvalue weighted by Crippen LogP contribution is -2.26. The molecule has 0 aliphatic heterocycles. The summed E-state index contributed by atoms with van der Waals surface area (Å²) in [4.78, 5) is 13.2. The number of carbonyl (C=O) groups is 1. The zero-order chi connectivity index (χ0) is 24.9. The molecule has 0 fully saturated rings. The quantitative estimate of drug-likeness (QED) is 0.399. The summed E-state index contributed by atoms with van der Waals surface area (Å²) in [5, 5.41) is 11.1. The molecule has 0 saturated carbocycles. The molecule has 0 aromatic heterocycles. The maximum Gasteiger partial charge on any atom is 0.430 e. The summed E-state index contributed by atoms with van der Waals surface area (Å²) in [6.45, 7) is 8.07. The second-order valence-electron chi connectivity index (χ2n) is 8.56. The molecule has 5 N–H and O–H groups in total. The highest BCUT2D eigenvalue weighted by molar-refractivity contribution is 8.03. The lowest BCUT2D eigenvalue weighted by molar-refractivity contribution is -0.115. The van der Waals surface area contributed by atoms with E-state index in [2.05, 4.69) is 12.1 Å². The molecule has 0 saturated heterocycles. The van der Waals surface area contributed by atoms with Crippen LogP contribution in [0.1, 0.15) is 55.9 Å². The molecule has 0 spiro atoms. The fourth-order valence-corrected chi connectivity index (χ4v) is 5.00. The minimum absolute atomic E-state index is 0.0212. The minimum atomic E-state index is -4.59. The topological polar surface area (TPSA) is 89.3 Å². The first-order valence-electron chi connectivity index (χ1n) is 11.1. The SMILES string of the molecule is CCc1cc(C)cc(CC)c1C1=C(O)CC(C(C)CS/C(N)=C/C=C(\N)C(F)(F)F)CC1=O. The van der Waals surface area contributed by atoms with Crippen molar-refractivity contribution in [1.82, 2.24) is 0 Å². The van der Waals surface area contributed by atoms with Gasteiger partial charge in [-0.15, -0.1) is 11.8 Å². The fraction of sp³-hybridized carbons (Fsp3) is 0.480. The maximum absolute atomic E-state index is 13.2. The Balaban J connectivity index is 2.17. The number of aliphatic hydroxyl groups excluding tert-OH is 1. The van der Waals surface area contributed by atoms with Crippen molar-refractivity contribution in [2.45, 2.75) is 59.6 Å². The second-order valence-corrected chi connectivity index (χ2v) is 9.65. The Bertz CT molecular complexity index is 955. The number of alkyl halides is 3. The molecule has 0 bridgehead atoms. The van der Waals surface area contributed by atoms with Crippen LogP contribution in [0.15, 0.2) is 40.8 Å². The van der Waals surface area contributed by atoms with E-state index >= 15 is 0 Å². The minimum Gasteiger partial charge on any atom is -0.512 e. The van der Waals surface area contributed by atoms with Gasteiger partial charge < -0.3 is 16.6 Å². The summed E-state index contributed by atoms with van der Waals surface area (Å²) in [7, 11) is 0. The van der Waals surface area contributed by atoms with Gasteiger partial charge in [-0.25, -0.2) is 0 Å². The van der Waals surface area contributed by atoms with Crippen LogP contribution < -0.4 is 11.5 Å². The smallest absolute Gasteiger partial charge is 0.430 e. The van der Waals surface area contributed by atoms with Crippen molar-refractivity contribution in [3.63, 3.8) is 0 Å². The van der Waals surface area contributed by atoms with Crippen LogP contribution in [0, 0.1) is 18.8 Å². The highest BCUT2D eigenvalue weighted by atomic mass is 32.2. The number of nitrogens with two attached hydrogens (primary N) is 2. The standard InChI is InChI=1S/C25H33F3N2O2S/c1-5-16-9-14(3)10-17(6-2)23(16)24-19(31)11-18(12-20(24)32)15(4)13-33-22(30)8-7-21(29)25(26,27)28/h7-10,15,18,31H,5-6,11-13,29-30H2,1-4H3/b21-7-,22-8+. The number of hydrogen-bond donors (Lipinski definition) is 3. The van der Waals surface area contributed by atoms with E-state index in [-0.39, 0.29) is 28.4 Å². The third-order valence-corrected chi connectivity index (χ3v) is 7.16. The molecule has 1 aliphatic rings. The Morgan fingerprint density at radius 2 is 1.76 bits per heavy atom. The average Bonchev–Trinajstić information content (AvgIpc) is 2.74. The average molecular weight is 483 g/mol. The molecule has 2 rings (SSSR count). The zero-order valence-corrected chi connectivity index (χ0v) is 20.4. The fourth-order valence-electron chi connectivity index (χ4n) is 4.11. The van der Waals surface area contributed by atoms with Gasteiger partial charge in [-0.05, 0) is 60.4 Å². The van der Waals surface area contributed by atoms with Gasteiger partial charge >= 0.3 is 6.18 Å². The van der Waals surface area contributed by atoms with E-state index in [0.717, 1.165) is 47.2 Å². The van der Waals surface area contributed by atoms with Crippen molar-refractivity contribution in [3.05, 3.63) is 63.0 Å². The van der Waals surface area contributed by atoms with E-state index in [1.807, 2.05) is 27.7 Å². The molecule has 1 aromatic rings. The third kappa shape index (κ3) is 6.82. The molecule has 4 nitrogen and oxygen atoms in total. The molecular formula is C25H33F3N2O2S. The van der Waals surface area contributed by atoms with Crippen LogP contribution in [-0.4, -0.2) is 22.8 Å². The number of rotatable bonds is 8. The number of hydrogen-bond acceptors (Lipinski definition) is 5. The highest BCUT2D eigenvalue weighted by Gasteiger charge is 2.33. The number of halogens is 3. The van der Waals surface area contributed by atoms with Gasteiger partial charge in [-0.3, -0.25) is 4.79 Å². The van der Waals surface area contributed by atoms with Crippen LogP contribution in [0.2, 0.25) is 0 Å². The number of thioether (sulfide) groups is 1. The van der Waals surface area contributed by atoms with Crippen molar-refractivity contribution in [3.8, 4) is 0 Å². The molecule has 0 radical (unpaired) electrons. The summed E-state index contributed by atoms with van der Waals surface area (Å²) in [6, 6.07) is 4.14. The summed E-state index contributed by atoms with van der Waals surface area (Å²) in [5.74, 6) is 0.503. The van der Waals surface area contributed by atoms with Crippen molar-refractivity contribution >= 4 is 23.1 Å². The van der Waals surface area contributed by atoms with Crippen LogP contribution >= 0.6 is 11.8 Å². The van der Waals surface area contributed by atoms with E-state index in [1.165, 1.54) is 11.8 Å². The molecule has 182 valence electrons. The molecule has 0 amide bonds. The van der Waals surface area contributed by atoms with Gasteiger partial charge in [-0.1, -0.05) is 38.5 Å². The monoisotopic (exact) mass is 482 g/mol. The Hall–Kier alpha value is -2.35. The molecule has 2 atom stereocenters. The van der Waals surface area contributed by atoms with Crippen molar-refractivity contribution in [2.75, 3.05) is 5.75 Å². The normalized spacial score (nSPS) is 19.2. The molecule has 33 heavy (non-hydrogen) atoms. The molecule has 0 heterocycles. The molecule has 1 aromatic carbocycles. The van der Waals surface area contributed by atoms with Gasteiger partial charge in [0.1, 0.15) is 11.5 Å². The molecular weight excluding hydrogens is 449 g/mol. The van der Waals surface area contributed by atoms with Crippen LogP contribution in [0.3, 0.4) is 0 Å². The Labute approximate surface area is 198 Å². The van der Waals surface area contributed by atoms with Crippen molar-refractivity contribution in [1.29, 1.82) is 0 Å². The summed E-state index contributed by atoms with van der Waals surface area (Å²) in [6.07, 6.45) is -0.481. The highest BCUT2D eigenvalue weighted by Crippen LogP contribution is 2.39. The van der Waals surface area contributed by atoms with Crippen molar-refractivity contribution in [2.24, 2.45) is 23.3 Å². The Morgan fingerprint density at radius 1 is 1.18 bits per heavy atom. The number of allylic oxidation sites excluding steroid dienone is 5. The predicted octanol–water partition coefficient (Wildman–Crippen LogP) is 5.94. The first-order valence-corrected chi connectivity index (χ1v) is 12.1. The Kier molecular flexibility index (Phi) is 9.12. The predicted molar refractivity (Wildman–Crippen MR) is 129 cm³/mol.